The summed E-state index contributed by atoms with van der Waals surface area (Å²) < 4.78 is 6.65. The minimum Gasteiger partial charge on any atom is -0.488 e. The highest BCUT2D eigenvalue weighted by molar-refractivity contribution is 9.10. The van der Waals surface area contributed by atoms with Gasteiger partial charge in [0.1, 0.15) is 18.9 Å². The maximum atomic E-state index is 13.0. The molecule has 1 N–H and O–H groups in total. The third-order valence-electron chi connectivity index (χ3n) is 5.72. The molecule has 0 unspecified atom stereocenters. The first-order chi connectivity index (χ1) is 18.1. The highest BCUT2D eigenvalue weighted by atomic mass is 79.9. The Hall–Kier alpha value is -3.96. The highest BCUT2D eigenvalue weighted by Gasteiger charge is 2.36. The van der Waals surface area contributed by atoms with Crippen molar-refractivity contribution in [3.8, 4) is 5.75 Å². The van der Waals surface area contributed by atoms with Gasteiger partial charge in [-0.3, -0.25) is 29.4 Å². The number of aryl methyl sites for hydroxylation is 2. The number of rotatable bonds is 8. The lowest BCUT2D eigenvalue weighted by molar-refractivity contribution is -0.384. The Bertz CT molecular complexity index is 1450. The van der Waals surface area contributed by atoms with Crippen LogP contribution in [-0.4, -0.2) is 33.4 Å². The third-order valence-corrected chi connectivity index (χ3v) is 7.12. The number of thioether (sulfide) groups is 1. The van der Waals surface area contributed by atoms with Crippen LogP contribution in [0.3, 0.4) is 0 Å². The fraction of sp³-hybridized carbons (Fsp3) is 0.148. The maximum absolute atomic E-state index is 13.0. The molecule has 4 rings (SSSR count). The lowest BCUT2D eigenvalue weighted by atomic mass is 10.1. The molecule has 38 heavy (non-hydrogen) atoms. The number of non-ortho nitro benzene ring substituents is 1. The van der Waals surface area contributed by atoms with E-state index in [9.17, 15) is 24.5 Å². The number of para-hydroxylation sites is 1. The summed E-state index contributed by atoms with van der Waals surface area (Å²) in [6.45, 7) is 3.47. The molecule has 11 heteroatoms. The van der Waals surface area contributed by atoms with Gasteiger partial charge in [0.05, 0.1) is 9.83 Å². The van der Waals surface area contributed by atoms with Crippen LogP contribution in [0.25, 0.3) is 6.08 Å². The lowest BCUT2D eigenvalue weighted by Gasteiger charge is -2.15. The number of nitro benzene ring substituents is 1. The molecule has 0 atom stereocenters. The molecule has 1 fully saturated rings. The summed E-state index contributed by atoms with van der Waals surface area (Å²) in [6, 6.07) is 16.8. The van der Waals surface area contributed by atoms with Crippen molar-refractivity contribution in [1.29, 1.82) is 0 Å². The van der Waals surface area contributed by atoms with Gasteiger partial charge in [-0.2, -0.15) is 0 Å². The molecular formula is C27H22BrN3O6S. The van der Waals surface area contributed by atoms with E-state index in [1.807, 2.05) is 32.0 Å². The Kier molecular flexibility index (Phi) is 8.28. The van der Waals surface area contributed by atoms with Gasteiger partial charge in [0.15, 0.2) is 0 Å². The van der Waals surface area contributed by atoms with Crippen LogP contribution in [0.5, 0.6) is 5.75 Å². The molecule has 3 aromatic carbocycles. The molecule has 3 amide bonds. The molecule has 0 bridgehead atoms. The van der Waals surface area contributed by atoms with Gasteiger partial charge in [0.2, 0.25) is 5.91 Å². The van der Waals surface area contributed by atoms with Gasteiger partial charge in [0, 0.05) is 27.9 Å². The van der Waals surface area contributed by atoms with Crippen LogP contribution in [0.4, 0.5) is 16.2 Å². The molecule has 1 aliphatic heterocycles. The van der Waals surface area contributed by atoms with Gasteiger partial charge in [-0.25, -0.2) is 0 Å². The molecule has 0 spiro atoms. The first-order valence-corrected chi connectivity index (χ1v) is 13.0. The zero-order valence-corrected chi connectivity index (χ0v) is 22.8. The highest BCUT2D eigenvalue weighted by Crippen LogP contribution is 2.35. The summed E-state index contributed by atoms with van der Waals surface area (Å²) in [4.78, 5) is 49.7. The first-order valence-electron chi connectivity index (χ1n) is 11.4. The van der Waals surface area contributed by atoms with E-state index in [1.165, 1.54) is 12.1 Å². The number of amides is 3. The molecule has 1 saturated heterocycles. The molecule has 9 nitrogen and oxygen atoms in total. The third kappa shape index (κ3) is 6.29. The van der Waals surface area contributed by atoms with E-state index < -0.39 is 28.5 Å². The number of benzene rings is 3. The number of nitrogens with zero attached hydrogens (tertiary/aromatic N) is 2. The fourth-order valence-electron chi connectivity index (χ4n) is 3.75. The average Bonchev–Trinajstić information content (AvgIpc) is 3.13. The maximum Gasteiger partial charge on any atom is 0.294 e. The van der Waals surface area contributed by atoms with Gasteiger partial charge in [-0.05, 0) is 78.7 Å². The molecule has 3 aromatic rings. The Labute approximate surface area is 231 Å². The monoisotopic (exact) mass is 595 g/mol. The number of nitrogens with one attached hydrogen (secondary N) is 1. The number of imide groups is 1. The van der Waals surface area contributed by atoms with Crippen LogP contribution in [0.1, 0.15) is 22.3 Å². The SMILES string of the molecule is Cc1cccc(C)c1NC(=O)CN1C(=O)S/C(=C\c2cc(Br)ccc2OCc2ccc([N+](=O)[O-])cc2)C1=O. The minimum atomic E-state index is -0.571. The van der Waals surface area contributed by atoms with Crippen LogP contribution in [0.2, 0.25) is 0 Å². The normalized spacial score (nSPS) is 14.2. The quantitative estimate of drug-likeness (QED) is 0.186. The van der Waals surface area contributed by atoms with E-state index in [0.29, 0.717) is 17.0 Å². The van der Waals surface area contributed by atoms with Crippen molar-refractivity contribution in [2.24, 2.45) is 0 Å². The van der Waals surface area contributed by atoms with Crippen molar-refractivity contribution in [2.45, 2.75) is 20.5 Å². The minimum absolute atomic E-state index is 0.0171. The number of carbonyl (C=O) groups excluding carboxylic acids is 3. The standard InChI is InChI=1S/C27H22BrN3O6S/c1-16-4-3-5-17(2)25(16)29-24(32)14-30-26(33)23(38-27(30)34)13-19-12-20(28)8-11-22(19)37-15-18-6-9-21(10-7-18)31(35)36/h3-13H,14-15H2,1-2H3,(H,29,32)/b23-13-. The Morgan fingerprint density at radius 1 is 1.11 bits per heavy atom. The molecule has 1 aliphatic rings. The molecule has 194 valence electrons. The van der Waals surface area contributed by atoms with Crippen LogP contribution in [0, 0.1) is 24.0 Å². The predicted octanol–water partition coefficient (Wildman–Crippen LogP) is 6.23. The van der Waals surface area contributed by atoms with Gasteiger partial charge in [0.25, 0.3) is 16.8 Å². The Morgan fingerprint density at radius 2 is 1.79 bits per heavy atom. The van der Waals surface area contributed by atoms with Crippen LogP contribution in [-0.2, 0) is 16.2 Å². The summed E-state index contributed by atoms with van der Waals surface area (Å²) in [5.41, 5.74) is 3.67. The molecule has 0 radical (unpaired) electrons. The summed E-state index contributed by atoms with van der Waals surface area (Å²) in [5.74, 6) is -0.593. The zero-order chi connectivity index (χ0) is 27.4. The van der Waals surface area contributed by atoms with Crippen molar-refractivity contribution < 1.29 is 24.0 Å². The van der Waals surface area contributed by atoms with E-state index in [0.717, 1.165) is 37.8 Å². The number of ether oxygens (including phenoxy) is 1. The lowest BCUT2D eigenvalue weighted by Crippen LogP contribution is -2.36. The largest absolute Gasteiger partial charge is 0.488 e. The number of hydrogen-bond acceptors (Lipinski definition) is 7. The number of nitro groups is 1. The Morgan fingerprint density at radius 3 is 2.45 bits per heavy atom. The van der Waals surface area contributed by atoms with Gasteiger partial charge in [-0.1, -0.05) is 34.1 Å². The summed E-state index contributed by atoms with van der Waals surface area (Å²) in [5, 5.41) is 13.1. The summed E-state index contributed by atoms with van der Waals surface area (Å²) in [6.07, 6.45) is 1.55. The summed E-state index contributed by atoms with van der Waals surface area (Å²) in [7, 11) is 0. The van der Waals surface area contributed by atoms with Crippen molar-refractivity contribution >= 4 is 62.2 Å². The van der Waals surface area contributed by atoms with Crippen molar-refractivity contribution in [1.82, 2.24) is 4.90 Å². The molecule has 0 aliphatic carbocycles. The van der Waals surface area contributed by atoms with Crippen molar-refractivity contribution in [3.63, 3.8) is 0 Å². The van der Waals surface area contributed by atoms with E-state index in [4.69, 9.17) is 4.74 Å². The first kappa shape index (κ1) is 27.1. The number of anilines is 1. The van der Waals surface area contributed by atoms with E-state index in [1.54, 1.807) is 36.4 Å². The zero-order valence-electron chi connectivity index (χ0n) is 20.4. The summed E-state index contributed by atoms with van der Waals surface area (Å²) >= 11 is 4.16. The molecule has 1 heterocycles. The van der Waals surface area contributed by atoms with Gasteiger partial charge in [-0.15, -0.1) is 0 Å². The Balaban J connectivity index is 1.48. The molecule has 0 aromatic heterocycles. The van der Waals surface area contributed by atoms with Crippen molar-refractivity contribution in [2.75, 3.05) is 11.9 Å². The number of hydrogen-bond donors (Lipinski definition) is 1. The second kappa shape index (κ2) is 11.6. The van der Waals surface area contributed by atoms with Crippen LogP contribution in [0.15, 0.2) is 70.0 Å². The molecular weight excluding hydrogens is 574 g/mol. The van der Waals surface area contributed by atoms with E-state index in [-0.39, 0.29) is 17.2 Å². The van der Waals surface area contributed by atoms with E-state index >= 15 is 0 Å². The van der Waals surface area contributed by atoms with Crippen LogP contribution < -0.4 is 10.1 Å². The van der Waals surface area contributed by atoms with E-state index in [2.05, 4.69) is 21.2 Å². The second-order valence-corrected chi connectivity index (χ2v) is 10.4. The number of carbonyl (C=O) groups is 3. The second-order valence-electron chi connectivity index (χ2n) is 8.48. The molecule has 0 saturated carbocycles. The van der Waals surface area contributed by atoms with Crippen molar-refractivity contribution in [3.05, 3.63) is 102 Å². The fourth-order valence-corrected chi connectivity index (χ4v) is 4.96. The predicted molar refractivity (Wildman–Crippen MR) is 149 cm³/mol. The number of halogens is 1. The van der Waals surface area contributed by atoms with Gasteiger partial charge < -0.3 is 10.1 Å². The average molecular weight is 596 g/mol. The smallest absolute Gasteiger partial charge is 0.294 e. The van der Waals surface area contributed by atoms with Crippen LogP contribution >= 0.6 is 27.7 Å². The topological polar surface area (TPSA) is 119 Å². The van der Waals surface area contributed by atoms with Gasteiger partial charge >= 0.3 is 0 Å².